The molecule has 2 aliphatic heterocycles. The van der Waals surface area contributed by atoms with Crippen molar-refractivity contribution in [2.24, 2.45) is 5.73 Å². The van der Waals surface area contributed by atoms with Crippen molar-refractivity contribution in [1.82, 2.24) is 0 Å². The molecule has 2 aromatic carbocycles. The summed E-state index contributed by atoms with van der Waals surface area (Å²) >= 11 is 3.60. The summed E-state index contributed by atoms with van der Waals surface area (Å²) in [6, 6.07) is 9.39. The number of methoxy groups -OCH3 is 1. The van der Waals surface area contributed by atoms with Crippen LogP contribution in [0.4, 0.5) is 0 Å². The minimum absolute atomic E-state index is 0.0543. The first kappa shape index (κ1) is 18.3. The SMILES string of the molecule is CCOc1cc(Br)c([C@@H]2C(C#N)=C(N)Oc3cc4c(cc32)OCO4)cc1OC. The van der Waals surface area contributed by atoms with Crippen LogP contribution in [-0.2, 0) is 0 Å². The Balaban J connectivity index is 1.93. The number of halogens is 1. The van der Waals surface area contributed by atoms with Gasteiger partial charge in [-0.05, 0) is 30.7 Å². The summed E-state index contributed by atoms with van der Waals surface area (Å²) in [4.78, 5) is 0. The zero-order valence-electron chi connectivity index (χ0n) is 15.2. The Bertz CT molecular complexity index is 1030. The zero-order chi connectivity index (χ0) is 19.8. The van der Waals surface area contributed by atoms with E-state index in [4.69, 9.17) is 29.4 Å². The second-order valence-corrected chi connectivity index (χ2v) is 6.98. The van der Waals surface area contributed by atoms with Crippen molar-refractivity contribution in [1.29, 1.82) is 5.26 Å². The van der Waals surface area contributed by atoms with E-state index in [2.05, 4.69) is 22.0 Å². The van der Waals surface area contributed by atoms with Gasteiger partial charge in [0.25, 0.3) is 0 Å². The highest BCUT2D eigenvalue weighted by atomic mass is 79.9. The number of hydrogen-bond acceptors (Lipinski definition) is 7. The minimum Gasteiger partial charge on any atom is -0.493 e. The average molecular weight is 445 g/mol. The molecule has 0 amide bonds. The summed E-state index contributed by atoms with van der Waals surface area (Å²) in [5.74, 6) is 2.44. The van der Waals surface area contributed by atoms with Crippen LogP contribution in [0.5, 0.6) is 28.7 Å². The standard InChI is InChI=1S/C20H17BrN2O5/c1-3-25-17-6-13(21)10(4-15(17)24-2)19-11-5-16-18(27-9-26-16)7-14(11)28-20(23)12(19)8-22/h4-7,19H,3,9,23H2,1-2H3/t19-/m0/s1. The average Bonchev–Trinajstić information content (AvgIpc) is 3.13. The van der Waals surface area contributed by atoms with Gasteiger partial charge in [0.1, 0.15) is 17.4 Å². The molecule has 2 aromatic rings. The largest absolute Gasteiger partial charge is 0.493 e. The number of hydrogen-bond donors (Lipinski definition) is 1. The molecular formula is C20H17BrN2O5. The highest BCUT2D eigenvalue weighted by Gasteiger charge is 2.35. The van der Waals surface area contributed by atoms with Crippen molar-refractivity contribution in [3.05, 3.63) is 51.3 Å². The van der Waals surface area contributed by atoms with Crippen LogP contribution in [0.2, 0.25) is 0 Å². The Morgan fingerprint density at radius 1 is 1.14 bits per heavy atom. The van der Waals surface area contributed by atoms with Crippen LogP contribution < -0.4 is 29.4 Å². The summed E-state index contributed by atoms with van der Waals surface area (Å²) in [6.45, 7) is 2.54. The van der Waals surface area contributed by atoms with Crippen LogP contribution in [0.15, 0.2) is 40.2 Å². The zero-order valence-corrected chi connectivity index (χ0v) is 16.8. The van der Waals surface area contributed by atoms with Crippen molar-refractivity contribution in [3.8, 4) is 34.8 Å². The molecule has 0 aliphatic carbocycles. The molecule has 0 bridgehead atoms. The van der Waals surface area contributed by atoms with Crippen LogP contribution >= 0.6 is 15.9 Å². The second-order valence-electron chi connectivity index (χ2n) is 6.13. The number of nitrogens with two attached hydrogens (primary N) is 1. The van der Waals surface area contributed by atoms with E-state index >= 15 is 0 Å². The van der Waals surface area contributed by atoms with E-state index in [1.165, 1.54) is 0 Å². The molecule has 0 radical (unpaired) electrons. The second kappa shape index (κ2) is 7.17. The lowest BCUT2D eigenvalue weighted by Crippen LogP contribution is -2.21. The Morgan fingerprint density at radius 3 is 2.57 bits per heavy atom. The summed E-state index contributed by atoms with van der Waals surface area (Å²) in [7, 11) is 1.57. The maximum Gasteiger partial charge on any atom is 0.231 e. The van der Waals surface area contributed by atoms with E-state index in [0.29, 0.717) is 40.9 Å². The summed E-state index contributed by atoms with van der Waals surface area (Å²) in [5, 5.41) is 9.77. The molecule has 0 saturated carbocycles. The minimum atomic E-state index is -0.470. The van der Waals surface area contributed by atoms with Gasteiger partial charge < -0.3 is 29.4 Å². The summed E-state index contributed by atoms with van der Waals surface area (Å²) < 4.78 is 28.5. The van der Waals surface area contributed by atoms with Gasteiger partial charge in [0, 0.05) is 16.1 Å². The van der Waals surface area contributed by atoms with E-state index in [-0.39, 0.29) is 12.7 Å². The van der Waals surface area contributed by atoms with Crippen molar-refractivity contribution in [2.45, 2.75) is 12.8 Å². The van der Waals surface area contributed by atoms with Crippen LogP contribution in [0.1, 0.15) is 24.0 Å². The molecule has 1 atom stereocenters. The number of benzene rings is 2. The molecule has 0 fully saturated rings. The van der Waals surface area contributed by atoms with Crippen LogP contribution in [0.3, 0.4) is 0 Å². The first-order valence-corrected chi connectivity index (χ1v) is 9.38. The van der Waals surface area contributed by atoms with Gasteiger partial charge in [0.15, 0.2) is 23.0 Å². The lowest BCUT2D eigenvalue weighted by Gasteiger charge is -2.28. The maximum atomic E-state index is 9.77. The van der Waals surface area contributed by atoms with Crippen LogP contribution in [-0.4, -0.2) is 20.5 Å². The number of allylic oxidation sites excluding steroid dienone is 1. The lowest BCUT2D eigenvalue weighted by atomic mass is 9.83. The van der Waals surface area contributed by atoms with Gasteiger partial charge in [-0.25, -0.2) is 0 Å². The highest BCUT2D eigenvalue weighted by molar-refractivity contribution is 9.10. The Morgan fingerprint density at radius 2 is 1.89 bits per heavy atom. The molecule has 2 N–H and O–H groups in total. The molecule has 0 spiro atoms. The highest BCUT2D eigenvalue weighted by Crippen LogP contribution is 2.50. The Hall–Kier alpha value is -3.05. The first-order valence-electron chi connectivity index (χ1n) is 8.58. The number of fused-ring (bicyclic) bond motifs is 2. The van der Waals surface area contributed by atoms with Gasteiger partial charge in [-0.15, -0.1) is 0 Å². The summed E-state index contributed by atoms with van der Waals surface area (Å²) in [5.41, 5.74) is 7.92. The van der Waals surface area contributed by atoms with E-state index in [1.54, 1.807) is 13.2 Å². The third-order valence-electron chi connectivity index (χ3n) is 4.60. The molecule has 0 unspecified atom stereocenters. The lowest BCUT2D eigenvalue weighted by molar-refractivity contribution is 0.174. The Kier molecular flexibility index (Phi) is 4.69. The van der Waals surface area contributed by atoms with Gasteiger partial charge in [-0.2, -0.15) is 5.26 Å². The molecule has 2 aliphatic rings. The first-order chi connectivity index (χ1) is 13.6. The number of rotatable bonds is 4. The van der Waals surface area contributed by atoms with Crippen LogP contribution in [0.25, 0.3) is 0 Å². The molecule has 7 nitrogen and oxygen atoms in total. The monoisotopic (exact) mass is 444 g/mol. The summed E-state index contributed by atoms with van der Waals surface area (Å²) in [6.07, 6.45) is 0. The molecule has 144 valence electrons. The Labute approximate surface area is 170 Å². The molecule has 4 rings (SSSR count). The predicted molar refractivity (Wildman–Crippen MR) is 104 cm³/mol. The predicted octanol–water partition coefficient (Wildman–Crippen LogP) is 3.80. The van der Waals surface area contributed by atoms with E-state index in [9.17, 15) is 5.26 Å². The van der Waals surface area contributed by atoms with Crippen molar-refractivity contribution in [3.63, 3.8) is 0 Å². The fourth-order valence-corrected chi connectivity index (χ4v) is 3.92. The normalized spacial score (nSPS) is 16.9. The van der Waals surface area contributed by atoms with Crippen LogP contribution in [0, 0.1) is 11.3 Å². The van der Waals surface area contributed by atoms with Gasteiger partial charge in [0.2, 0.25) is 12.7 Å². The molecule has 2 heterocycles. The molecule has 0 saturated heterocycles. The maximum absolute atomic E-state index is 9.77. The molecular weight excluding hydrogens is 428 g/mol. The van der Waals surface area contributed by atoms with Gasteiger partial charge in [0.05, 0.1) is 19.6 Å². The van der Waals surface area contributed by atoms with Crippen molar-refractivity contribution in [2.75, 3.05) is 20.5 Å². The van der Waals surface area contributed by atoms with E-state index < -0.39 is 5.92 Å². The van der Waals surface area contributed by atoms with E-state index in [1.807, 2.05) is 25.1 Å². The number of ether oxygens (including phenoxy) is 5. The third-order valence-corrected chi connectivity index (χ3v) is 5.29. The number of nitriles is 1. The van der Waals surface area contributed by atoms with Crippen molar-refractivity contribution >= 4 is 15.9 Å². The van der Waals surface area contributed by atoms with Gasteiger partial charge in [-0.1, -0.05) is 15.9 Å². The quantitative estimate of drug-likeness (QED) is 0.765. The fourth-order valence-electron chi connectivity index (χ4n) is 3.37. The van der Waals surface area contributed by atoms with Gasteiger partial charge in [-0.3, -0.25) is 0 Å². The van der Waals surface area contributed by atoms with Crippen molar-refractivity contribution < 1.29 is 23.7 Å². The smallest absolute Gasteiger partial charge is 0.231 e. The molecule has 8 heteroatoms. The fraction of sp³-hybridized carbons (Fsp3) is 0.250. The molecule has 0 aromatic heterocycles. The van der Waals surface area contributed by atoms with E-state index in [0.717, 1.165) is 15.6 Å². The third kappa shape index (κ3) is 2.88. The number of nitrogens with zero attached hydrogens (tertiary/aromatic N) is 1. The topological polar surface area (TPSA) is 96.0 Å². The molecule has 28 heavy (non-hydrogen) atoms. The van der Waals surface area contributed by atoms with Gasteiger partial charge >= 0.3 is 0 Å².